The third-order valence-corrected chi connectivity index (χ3v) is 2.31. The number of ether oxygens (including phenoxy) is 2. The highest BCUT2D eigenvalue weighted by Gasteiger charge is 2.05. The first-order valence-corrected chi connectivity index (χ1v) is 5.76. The molecule has 1 N–H and O–H groups in total. The number of carboxylic acids is 1. The van der Waals surface area contributed by atoms with Crippen LogP contribution in [0.1, 0.15) is 10.5 Å². The highest BCUT2D eigenvalue weighted by molar-refractivity contribution is 5.85. The average molecular weight is 259 g/mol. The SMILES string of the molecule is O=C(O)c1cc(OCCOc2ccccc2)ccn1. The first-order chi connectivity index (χ1) is 9.25. The van der Waals surface area contributed by atoms with Gasteiger partial charge in [-0.3, -0.25) is 0 Å². The van der Waals surface area contributed by atoms with Crippen molar-refractivity contribution in [2.75, 3.05) is 13.2 Å². The van der Waals surface area contributed by atoms with Gasteiger partial charge in [-0.25, -0.2) is 9.78 Å². The van der Waals surface area contributed by atoms with Gasteiger partial charge in [0.2, 0.25) is 0 Å². The van der Waals surface area contributed by atoms with Gasteiger partial charge in [-0.15, -0.1) is 0 Å². The second kappa shape index (κ2) is 6.39. The van der Waals surface area contributed by atoms with Crippen molar-refractivity contribution in [3.05, 3.63) is 54.4 Å². The zero-order valence-corrected chi connectivity index (χ0v) is 10.2. The summed E-state index contributed by atoms with van der Waals surface area (Å²) in [6, 6.07) is 12.4. The van der Waals surface area contributed by atoms with Gasteiger partial charge in [-0.2, -0.15) is 0 Å². The molecular weight excluding hydrogens is 246 g/mol. The number of benzene rings is 1. The van der Waals surface area contributed by atoms with Crippen LogP contribution in [0.15, 0.2) is 48.7 Å². The summed E-state index contributed by atoms with van der Waals surface area (Å²) in [4.78, 5) is 14.4. The zero-order chi connectivity index (χ0) is 13.5. The summed E-state index contributed by atoms with van der Waals surface area (Å²) in [6.45, 7) is 0.715. The molecule has 1 aromatic carbocycles. The lowest BCUT2D eigenvalue weighted by molar-refractivity contribution is 0.0690. The van der Waals surface area contributed by atoms with Crippen LogP contribution in [-0.4, -0.2) is 29.3 Å². The molecule has 0 fully saturated rings. The van der Waals surface area contributed by atoms with Gasteiger partial charge < -0.3 is 14.6 Å². The van der Waals surface area contributed by atoms with Crippen LogP contribution in [-0.2, 0) is 0 Å². The standard InChI is InChI=1S/C14H13NO4/c16-14(17)13-10-12(6-7-15-13)19-9-8-18-11-4-2-1-3-5-11/h1-7,10H,8-9H2,(H,16,17). The minimum atomic E-state index is -1.08. The highest BCUT2D eigenvalue weighted by atomic mass is 16.5. The molecule has 0 bridgehead atoms. The fraction of sp³-hybridized carbons (Fsp3) is 0.143. The van der Waals surface area contributed by atoms with Crippen LogP contribution < -0.4 is 9.47 Å². The van der Waals surface area contributed by atoms with Crippen LogP contribution in [0.25, 0.3) is 0 Å². The van der Waals surface area contributed by atoms with Crippen LogP contribution in [0.3, 0.4) is 0 Å². The molecular formula is C14H13NO4. The molecule has 0 saturated heterocycles. The minimum Gasteiger partial charge on any atom is -0.490 e. The summed E-state index contributed by atoms with van der Waals surface area (Å²) in [5.41, 5.74) is -0.0403. The Labute approximate surface area is 110 Å². The third-order valence-electron chi connectivity index (χ3n) is 2.31. The van der Waals surface area contributed by atoms with Gasteiger partial charge in [0.05, 0.1) is 0 Å². The van der Waals surface area contributed by atoms with Crippen molar-refractivity contribution in [2.45, 2.75) is 0 Å². The fourth-order valence-electron chi connectivity index (χ4n) is 1.45. The van der Waals surface area contributed by atoms with Crippen LogP contribution in [0.2, 0.25) is 0 Å². The van der Waals surface area contributed by atoms with Crippen molar-refractivity contribution in [1.82, 2.24) is 4.98 Å². The van der Waals surface area contributed by atoms with E-state index < -0.39 is 5.97 Å². The van der Waals surface area contributed by atoms with Gasteiger partial charge in [0.1, 0.15) is 24.7 Å². The average Bonchev–Trinajstić information content (AvgIpc) is 2.45. The maximum atomic E-state index is 10.7. The van der Waals surface area contributed by atoms with Crippen LogP contribution in [0.4, 0.5) is 0 Å². The van der Waals surface area contributed by atoms with Crippen LogP contribution in [0.5, 0.6) is 11.5 Å². The predicted octanol–water partition coefficient (Wildman–Crippen LogP) is 2.24. The predicted molar refractivity (Wildman–Crippen MR) is 68.6 cm³/mol. The number of hydrogen-bond acceptors (Lipinski definition) is 4. The van der Waals surface area contributed by atoms with Crippen molar-refractivity contribution in [3.63, 3.8) is 0 Å². The Morgan fingerprint density at radius 2 is 1.74 bits per heavy atom. The van der Waals surface area contributed by atoms with Crippen molar-refractivity contribution < 1.29 is 19.4 Å². The Morgan fingerprint density at radius 1 is 1.05 bits per heavy atom. The molecule has 5 nitrogen and oxygen atoms in total. The molecule has 0 atom stereocenters. The molecule has 98 valence electrons. The molecule has 0 radical (unpaired) electrons. The van der Waals surface area contributed by atoms with E-state index in [1.54, 1.807) is 6.07 Å². The fourth-order valence-corrected chi connectivity index (χ4v) is 1.45. The second-order valence-electron chi connectivity index (χ2n) is 3.69. The van der Waals surface area contributed by atoms with Gasteiger partial charge >= 0.3 is 5.97 Å². The molecule has 2 rings (SSSR count). The summed E-state index contributed by atoms with van der Waals surface area (Å²) >= 11 is 0. The number of pyridine rings is 1. The summed E-state index contributed by atoms with van der Waals surface area (Å²) in [7, 11) is 0. The molecule has 0 saturated carbocycles. The van der Waals surface area contributed by atoms with E-state index in [0.717, 1.165) is 5.75 Å². The minimum absolute atomic E-state index is 0.0403. The van der Waals surface area contributed by atoms with Gasteiger partial charge in [0.25, 0.3) is 0 Å². The summed E-state index contributed by atoms with van der Waals surface area (Å²) in [5, 5.41) is 8.79. The number of aromatic carboxylic acids is 1. The quantitative estimate of drug-likeness (QED) is 0.806. The number of rotatable bonds is 6. The number of hydrogen-bond donors (Lipinski definition) is 1. The second-order valence-corrected chi connectivity index (χ2v) is 3.69. The Kier molecular flexibility index (Phi) is 4.34. The summed E-state index contributed by atoms with van der Waals surface area (Å²) in [5.74, 6) is 0.155. The topological polar surface area (TPSA) is 68.7 Å². The van der Waals surface area contributed by atoms with E-state index >= 15 is 0 Å². The first-order valence-electron chi connectivity index (χ1n) is 5.76. The monoisotopic (exact) mass is 259 g/mol. The number of aromatic nitrogens is 1. The van der Waals surface area contributed by atoms with E-state index in [1.807, 2.05) is 30.3 Å². The molecule has 2 aromatic rings. The molecule has 19 heavy (non-hydrogen) atoms. The number of carboxylic acid groups (broad SMARTS) is 1. The lowest BCUT2D eigenvalue weighted by Crippen LogP contribution is -2.09. The molecule has 0 aliphatic rings. The van der Waals surface area contributed by atoms with E-state index in [9.17, 15) is 4.79 Å². The molecule has 1 heterocycles. The summed E-state index contributed by atoms with van der Waals surface area (Å²) in [6.07, 6.45) is 1.40. The normalized spacial score (nSPS) is 9.89. The zero-order valence-electron chi connectivity index (χ0n) is 10.2. The lowest BCUT2D eigenvalue weighted by atomic mass is 10.3. The molecule has 0 amide bonds. The van der Waals surface area contributed by atoms with Gasteiger partial charge in [-0.05, 0) is 18.2 Å². The van der Waals surface area contributed by atoms with E-state index in [0.29, 0.717) is 19.0 Å². The van der Waals surface area contributed by atoms with Gasteiger partial charge in [0.15, 0.2) is 5.69 Å². The molecule has 5 heteroatoms. The Morgan fingerprint density at radius 3 is 2.42 bits per heavy atom. The molecule has 0 aliphatic carbocycles. The lowest BCUT2D eigenvalue weighted by Gasteiger charge is -2.08. The van der Waals surface area contributed by atoms with Gasteiger partial charge in [-0.1, -0.05) is 18.2 Å². The van der Waals surface area contributed by atoms with Crippen LogP contribution >= 0.6 is 0 Å². The largest absolute Gasteiger partial charge is 0.490 e. The molecule has 0 spiro atoms. The first kappa shape index (κ1) is 12.9. The van der Waals surface area contributed by atoms with E-state index in [1.165, 1.54) is 12.3 Å². The maximum absolute atomic E-state index is 10.7. The van der Waals surface area contributed by atoms with Crippen LogP contribution in [0, 0.1) is 0 Å². The smallest absolute Gasteiger partial charge is 0.354 e. The third kappa shape index (κ3) is 3.99. The maximum Gasteiger partial charge on any atom is 0.354 e. The number of carbonyl (C=O) groups is 1. The molecule has 0 aliphatic heterocycles. The number of para-hydroxylation sites is 1. The van der Waals surface area contributed by atoms with E-state index in [-0.39, 0.29) is 5.69 Å². The van der Waals surface area contributed by atoms with Crippen molar-refractivity contribution >= 4 is 5.97 Å². The molecule has 0 unspecified atom stereocenters. The highest BCUT2D eigenvalue weighted by Crippen LogP contribution is 2.11. The Hall–Kier alpha value is -2.56. The van der Waals surface area contributed by atoms with Crippen molar-refractivity contribution in [3.8, 4) is 11.5 Å². The Bertz CT molecular complexity index is 542. The molecule has 1 aromatic heterocycles. The number of nitrogens with zero attached hydrogens (tertiary/aromatic N) is 1. The van der Waals surface area contributed by atoms with E-state index in [4.69, 9.17) is 14.6 Å². The van der Waals surface area contributed by atoms with Crippen molar-refractivity contribution in [2.24, 2.45) is 0 Å². The van der Waals surface area contributed by atoms with E-state index in [2.05, 4.69) is 4.98 Å². The summed E-state index contributed by atoms with van der Waals surface area (Å²) < 4.78 is 10.8. The van der Waals surface area contributed by atoms with Crippen molar-refractivity contribution in [1.29, 1.82) is 0 Å². The van der Waals surface area contributed by atoms with Gasteiger partial charge in [0, 0.05) is 12.3 Å². The Balaban J connectivity index is 1.80.